The average molecular weight is 279 g/mol. The highest BCUT2D eigenvalue weighted by Crippen LogP contribution is 2.17. The van der Waals surface area contributed by atoms with Crippen LogP contribution in [0.3, 0.4) is 0 Å². The van der Waals surface area contributed by atoms with Crippen LogP contribution in [0.25, 0.3) is 0 Å². The standard InChI is InChI=1S/C16H29N3O/c1-4-19-9-7-15(8-10-19)18(3)14(2)12-17-13-16-6-5-11-20-16/h5-6,11,14-15,17H,4,7-10,12-13H2,1-3H3. The summed E-state index contributed by atoms with van der Waals surface area (Å²) in [6.07, 6.45) is 4.33. The van der Waals surface area contributed by atoms with E-state index in [0.29, 0.717) is 6.04 Å². The summed E-state index contributed by atoms with van der Waals surface area (Å²) in [6.45, 7) is 10.1. The van der Waals surface area contributed by atoms with Crippen LogP contribution in [0.4, 0.5) is 0 Å². The molecule has 0 radical (unpaired) electrons. The van der Waals surface area contributed by atoms with E-state index in [2.05, 4.69) is 36.0 Å². The van der Waals surface area contributed by atoms with Crippen LogP contribution in [-0.2, 0) is 6.54 Å². The molecule has 1 saturated heterocycles. The Balaban J connectivity index is 1.67. The minimum Gasteiger partial charge on any atom is -0.468 e. The van der Waals surface area contributed by atoms with Gasteiger partial charge in [-0.25, -0.2) is 0 Å². The molecule has 1 N–H and O–H groups in total. The minimum atomic E-state index is 0.558. The Hall–Kier alpha value is -0.840. The zero-order valence-corrected chi connectivity index (χ0v) is 13.1. The average Bonchev–Trinajstić information content (AvgIpc) is 2.99. The molecule has 1 fully saturated rings. The maximum absolute atomic E-state index is 5.33. The van der Waals surface area contributed by atoms with Gasteiger partial charge < -0.3 is 14.6 Å². The van der Waals surface area contributed by atoms with E-state index in [0.717, 1.165) is 24.9 Å². The summed E-state index contributed by atoms with van der Waals surface area (Å²) < 4.78 is 5.33. The normalized spacial score (nSPS) is 19.6. The van der Waals surface area contributed by atoms with Crippen LogP contribution in [0.15, 0.2) is 22.8 Å². The lowest BCUT2D eigenvalue weighted by molar-refractivity contribution is 0.103. The number of nitrogens with zero attached hydrogens (tertiary/aromatic N) is 2. The number of likely N-dealkylation sites (N-methyl/N-ethyl adjacent to an activating group) is 1. The van der Waals surface area contributed by atoms with E-state index in [1.807, 2.05) is 12.1 Å². The second-order valence-electron chi connectivity index (χ2n) is 5.89. The van der Waals surface area contributed by atoms with Crippen LogP contribution in [0.5, 0.6) is 0 Å². The van der Waals surface area contributed by atoms with Crippen molar-refractivity contribution in [2.75, 3.05) is 33.2 Å². The molecule has 2 heterocycles. The molecular weight excluding hydrogens is 250 g/mol. The third kappa shape index (κ3) is 4.33. The molecule has 2 rings (SSSR count). The molecule has 1 aromatic rings. The highest BCUT2D eigenvalue weighted by atomic mass is 16.3. The minimum absolute atomic E-state index is 0.558. The third-order valence-corrected chi connectivity index (χ3v) is 4.59. The molecule has 0 spiro atoms. The van der Waals surface area contributed by atoms with Gasteiger partial charge in [0.15, 0.2) is 0 Å². The van der Waals surface area contributed by atoms with Gasteiger partial charge in [0.05, 0.1) is 12.8 Å². The molecule has 0 saturated carbocycles. The molecular formula is C16H29N3O. The highest BCUT2D eigenvalue weighted by Gasteiger charge is 2.24. The van der Waals surface area contributed by atoms with Crippen LogP contribution < -0.4 is 5.32 Å². The molecule has 1 aromatic heterocycles. The van der Waals surface area contributed by atoms with Crippen LogP contribution in [0.2, 0.25) is 0 Å². The van der Waals surface area contributed by atoms with Gasteiger partial charge >= 0.3 is 0 Å². The summed E-state index contributed by atoms with van der Waals surface area (Å²) in [5.74, 6) is 1.01. The van der Waals surface area contributed by atoms with E-state index in [1.165, 1.54) is 32.5 Å². The van der Waals surface area contributed by atoms with Crippen molar-refractivity contribution >= 4 is 0 Å². The molecule has 1 unspecified atom stereocenters. The summed E-state index contributed by atoms with van der Waals surface area (Å²) in [5, 5.41) is 3.48. The van der Waals surface area contributed by atoms with Crippen molar-refractivity contribution < 1.29 is 4.42 Å². The largest absolute Gasteiger partial charge is 0.468 e. The van der Waals surface area contributed by atoms with Crippen molar-refractivity contribution in [2.24, 2.45) is 0 Å². The van der Waals surface area contributed by atoms with E-state index in [1.54, 1.807) is 6.26 Å². The predicted octanol–water partition coefficient (Wildman–Crippen LogP) is 2.17. The Morgan fingerprint density at radius 3 is 2.80 bits per heavy atom. The Bertz CT molecular complexity index is 358. The fraction of sp³-hybridized carbons (Fsp3) is 0.750. The summed E-state index contributed by atoms with van der Waals surface area (Å²) in [4.78, 5) is 5.09. The Morgan fingerprint density at radius 1 is 1.45 bits per heavy atom. The van der Waals surface area contributed by atoms with Gasteiger partial charge in [0.1, 0.15) is 5.76 Å². The molecule has 1 atom stereocenters. The number of rotatable bonds is 7. The molecule has 0 amide bonds. The lowest BCUT2D eigenvalue weighted by Crippen LogP contribution is -2.48. The van der Waals surface area contributed by atoms with E-state index >= 15 is 0 Å². The molecule has 114 valence electrons. The number of furan rings is 1. The van der Waals surface area contributed by atoms with E-state index in [-0.39, 0.29) is 0 Å². The molecule has 4 nitrogen and oxygen atoms in total. The summed E-state index contributed by atoms with van der Waals surface area (Å²) in [5.41, 5.74) is 0. The van der Waals surface area contributed by atoms with Crippen molar-refractivity contribution in [1.29, 1.82) is 0 Å². The Kier molecular flexibility index (Phi) is 6.07. The molecule has 0 aromatic carbocycles. The van der Waals surface area contributed by atoms with Crippen LogP contribution in [0, 0.1) is 0 Å². The van der Waals surface area contributed by atoms with Crippen LogP contribution in [0.1, 0.15) is 32.4 Å². The third-order valence-electron chi connectivity index (χ3n) is 4.59. The van der Waals surface area contributed by atoms with Gasteiger partial charge in [-0.3, -0.25) is 4.90 Å². The number of hydrogen-bond acceptors (Lipinski definition) is 4. The smallest absolute Gasteiger partial charge is 0.117 e. The van der Waals surface area contributed by atoms with Gasteiger partial charge in [0, 0.05) is 18.6 Å². The lowest BCUT2D eigenvalue weighted by atomic mass is 10.0. The van der Waals surface area contributed by atoms with Gasteiger partial charge in [-0.2, -0.15) is 0 Å². The Morgan fingerprint density at radius 2 is 2.20 bits per heavy atom. The number of nitrogens with one attached hydrogen (secondary N) is 1. The van der Waals surface area contributed by atoms with Crippen LogP contribution >= 0.6 is 0 Å². The first kappa shape index (κ1) is 15.5. The number of hydrogen-bond donors (Lipinski definition) is 1. The molecule has 0 aliphatic carbocycles. The van der Waals surface area contributed by atoms with Gasteiger partial charge in [-0.15, -0.1) is 0 Å². The Labute approximate surface area is 123 Å². The van der Waals surface area contributed by atoms with Gasteiger partial charge in [0.2, 0.25) is 0 Å². The first-order valence-electron chi connectivity index (χ1n) is 7.88. The zero-order chi connectivity index (χ0) is 14.4. The molecule has 1 aliphatic rings. The maximum atomic E-state index is 5.33. The molecule has 4 heteroatoms. The highest BCUT2D eigenvalue weighted by molar-refractivity contribution is 4.97. The fourth-order valence-corrected chi connectivity index (χ4v) is 2.96. The summed E-state index contributed by atoms with van der Waals surface area (Å²) >= 11 is 0. The topological polar surface area (TPSA) is 31.6 Å². The number of piperidine rings is 1. The van der Waals surface area contributed by atoms with Crippen molar-refractivity contribution in [3.8, 4) is 0 Å². The molecule has 1 aliphatic heterocycles. The fourth-order valence-electron chi connectivity index (χ4n) is 2.96. The van der Waals surface area contributed by atoms with Crippen molar-refractivity contribution in [3.05, 3.63) is 24.2 Å². The first-order chi connectivity index (χ1) is 9.70. The van der Waals surface area contributed by atoms with Gasteiger partial charge in [-0.1, -0.05) is 6.92 Å². The summed E-state index contributed by atoms with van der Waals surface area (Å²) in [6, 6.07) is 5.25. The lowest BCUT2D eigenvalue weighted by Gasteiger charge is -2.39. The van der Waals surface area contributed by atoms with Crippen molar-refractivity contribution in [2.45, 2.75) is 45.3 Å². The van der Waals surface area contributed by atoms with Gasteiger partial charge in [-0.05, 0) is 58.6 Å². The quantitative estimate of drug-likeness (QED) is 0.829. The van der Waals surface area contributed by atoms with E-state index < -0.39 is 0 Å². The second kappa shape index (κ2) is 7.81. The monoisotopic (exact) mass is 279 g/mol. The second-order valence-corrected chi connectivity index (χ2v) is 5.89. The molecule has 0 bridgehead atoms. The predicted molar refractivity (Wildman–Crippen MR) is 82.8 cm³/mol. The zero-order valence-electron chi connectivity index (χ0n) is 13.1. The van der Waals surface area contributed by atoms with Gasteiger partial charge in [0.25, 0.3) is 0 Å². The number of likely N-dealkylation sites (tertiary alicyclic amines) is 1. The van der Waals surface area contributed by atoms with E-state index in [9.17, 15) is 0 Å². The summed E-state index contributed by atoms with van der Waals surface area (Å²) in [7, 11) is 2.27. The SMILES string of the molecule is CCN1CCC(N(C)C(C)CNCc2ccco2)CC1. The first-order valence-corrected chi connectivity index (χ1v) is 7.88. The van der Waals surface area contributed by atoms with Crippen molar-refractivity contribution in [1.82, 2.24) is 15.1 Å². The molecule has 20 heavy (non-hydrogen) atoms. The van der Waals surface area contributed by atoms with Crippen LogP contribution in [-0.4, -0.2) is 55.1 Å². The van der Waals surface area contributed by atoms with Crippen molar-refractivity contribution in [3.63, 3.8) is 0 Å². The maximum Gasteiger partial charge on any atom is 0.117 e. The van der Waals surface area contributed by atoms with E-state index in [4.69, 9.17) is 4.42 Å².